The lowest BCUT2D eigenvalue weighted by atomic mass is 9.89. The predicted molar refractivity (Wildman–Crippen MR) is 138 cm³/mol. The average Bonchev–Trinajstić information content (AvgIpc) is 3.48. The van der Waals surface area contributed by atoms with Gasteiger partial charge in [0, 0.05) is 35.7 Å². The number of nitriles is 1. The lowest BCUT2D eigenvalue weighted by Crippen LogP contribution is -2.53. The molecule has 1 aliphatic heterocycles. The summed E-state index contributed by atoms with van der Waals surface area (Å²) in [5.74, 6) is -1.86. The summed E-state index contributed by atoms with van der Waals surface area (Å²) < 4.78 is 44.0. The first-order valence-electron chi connectivity index (χ1n) is 12.9. The summed E-state index contributed by atoms with van der Waals surface area (Å²) in [4.78, 5) is 41.9. The van der Waals surface area contributed by atoms with Crippen LogP contribution in [0.2, 0.25) is 0 Å². The number of aromatic nitrogens is 1. The van der Waals surface area contributed by atoms with Crippen molar-refractivity contribution in [3.05, 3.63) is 30.0 Å². The fourth-order valence-corrected chi connectivity index (χ4v) is 4.90. The zero-order valence-corrected chi connectivity index (χ0v) is 22.2. The van der Waals surface area contributed by atoms with Crippen molar-refractivity contribution in [3.8, 4) is 11.8 Å². The number of ether oxygens (including phenoxy) is 1. The SMILES string of the molecule is COc1cccc2[nH]c(C(=O)C[C@@H](CC(C)C)C(=O)N[C@@H](C[C@@H]3CCNC3=O)C(C#N)NCC(F)(F)F)cc12. The molecule has 0 saturated carbocycles. The van der Waals surface area contributed by atoms with E-state index in [4.69, 9.17) is 4.74 Å². The van der Waals surface area contributed by atoms with Crippen molar-refractivity contribution >= 4 is 28.5 Å². The van der Waals surface area contributed by atoms with Crippen LogP contribution in [0.25, 0.3) is 10.9 Å². The summed E-state index contributed by atoms with van der Waals surface area (Å²) in [5, 5.41) is 17.9. The molecule has 9 nitrogen and oxygen atoms in total. The van der Waals surface area contributed by atoms with Gasteiger partial charge in [0.15, 0.2) is 5.78 Å². The monoisotopic (exact) mass is 549 g/mol. The van der Waals surface area contributed by atoms with Crippen molar-refractivity contribution in [2.45, 2.75) is 57.8 Å². The van der Waals surface area contributed by atoms with E-state index in [1.165, 1.54) is 7.11 Å². The molecule has 0 aliphatic carbocycles. The van der Waals surface area contributed by atoms with Crippen LogP contribution in [0.3, 0.4) is 0 Å². The number of carbonyl (C=O) groups is 3. The van der Waals surface area contributed by atoms with Crippen molar-refractivity contribution in [1.29, 1.82) is 5.26 Å². The van der Waals surface area contributed by atoms with E-state index in [2.05, 4.69) is 20.9 Å². The van der Waals surface area contributed by atoms with Crippen molar-refractivity contribution < 1.29 is 32.3 Å². The van der Waals surface area contributed by atoms with E-state index in [0.717, 1.165) is 5.39 Å². The number of alkyl halides is 3. The van der Waals surface area contributed by atoms with E-state index < -0.39 is 42.5 Å². The highest BCUT2D eigenvalue weighted by molar-refractivity contribution is 6.02. The molecule has 4 atom stereocenters. The second kappa shape index (κ2) is 13.0. The molecule has 1 aromatic carbocycles. The lowest BCUT2D eigenvalue weighted by molar-refractivity contribution is -0.129. The number of carbonyl (C=O) groups excluding carboxylic acids is 3. The van der Waals surface area contributed by atoms with E-state index in [0.29, 0.717) is 36.3 Å². The highest BCUT2D eigenvalue weighted by atomic mass is 19.4. The zero-order valence-electron chi connectivity index (χ0n) is 22.2. The third-order valence-corrected chi connectivity index (χ3v) is 6.80. The van der Waals surface area contributed by atoms with Crippen molar-refractivity contribution in [3.63, 3.8) is 0 Å². The minimum Gasteiger partial charge on any atom is -0.496 e. The molecule has 12 heteroatoms. The first-order chi connectivity index (χ1) is 18.4. The molecule has 212 valence electrons. The Balaban J connectivity index is 1.80. The maximum atomic E-state index is 13.5. The second-order valence-electron chi connectivity index (χ2n) is 10.3. The zero-order chi connectivity index (χ0) is 28.7. The molecule has 0 spiro atoms. The Morgan fingerprint density at radius 3 is 2.62 bits per heavy atom. The van der Waals surface area contributed by atoms with Gasteiger partial charge in [0.05, 0.1) is 31.5 Å². The van der Waals surface area contributed by atoms with Gasteiger partial charge >= 0.3 is 6.18 Å². The van der Waals surface area contributed by atoms with Gasteiger partial charge in [-0.1, -0.05) is 19.9 Å². The Kier molecular flexibility index (Phi) is 9.97. The number of hydrogen-bond donors (Lipinski definition) is 4. The van der Waals surface area contributed by atoms with Gasteiger partial charge in [-0.05, 0) is 43.4 Å². The third kappa shape index (κ3) is 8.20. The Bertz CT molecular complexity index is 1220. The largest absolute Gasteiger partial charge is 0.496 e. The average molecular weight is 550 g/mol. The van der Waals surface area contributed by atoms with E-state index in [-0.39, 0.29) is 30.4 Å². The van der Waals surface area contributed by atoms with Crippen molar-refractivity contribution in [1.82, 2.24) is 20.9 Å². The van der Waals surface area contributed by atoms with Crippen LogP contribution in [0, 0.1) is 29.1 Å². The highest BCUT2D eigenvalue weighted by Crippen LogP contribution is 2.28. The molecule has 0 bridgehead atoms. The molecule has 2 amide bonds. The smallest absolute Gasteiger partial charge is 0.401 e. The number of benzene rings is 1. The lowest BCUT2D eigenvalue weighted by Gasteiger charge is -2.28. The molecule has 1 saturated heterocycles. The Hall–Kier alpha value is -3.59. The van der Waals surface area contributed by atoms with Crippen LogP contribution in [-0.4, -0.2) is 61.0 Å². The summed E-state index contributed by atoms with van der Waals surface area (Å²) in [6, 6.07) is 6.35. The summed E-state index contributed by atoms with van der Waals surface area (Å²) in [5.41, 5.74) is 1.00. The maximum Gasteiger partial charge on any atom is 0.401 e. The predicted octanol–water partition coefficient (Wildman–Crippen LogP) is 3.47. The molecule has 0 radical (unpaired) electrons. The summed E-state index contributed by atoms with van der Waals surface area (Å²) >= 11 is 0. The van der Waals surface area contributed by atoms with E-state index in [1.54, 1.807) is 30.3 Å². The normalized spacial score (nSPS) is 17.9. The van der Waals surface area contributed by atoms with E-state index in [1.807, 2.05) is 13.8 Å². The Morgan fingerprint density at radius 2 is 2.03 bits per heavy atom. The number of ketones is 1. The molecular weight excluding hydrogens is 515 g/mol. The number of halogens is 3. The van der Waals surface area contributed by atoms with Crippen LogP contribution >= 0.6 is 0 Å². The number of rotatable bonds is 13. The minimum absolute atomic E-state index is 0.00911. The summed E-state index contributed by atoms with van der Waals surface area (Å²) in [7, 11) is 1.52. The van der Waals surface area contributed by atoms with E-state index >= 15 is 0 Å². The molecule has 1 aliphatic rings. The van der Waals surface area contributed by atoms with Crippen LogP contribution in [0.1, 0.15) is 50.0 Å². The van der Waals surface area contributed by atoms with Gasteiger partial charge in [-0.25, -0.2) is 0 Å². The number of hydrogen-bond acceptors (Lipinski definition) is 6. The molecular formula is C27H34F3N5O4. The van der Waals surface area contributed by atoms with Crippen LogP contribution in [0.15, 0.2) is 24.3 Å². The molecule has 2 aromatic rings. The molecule has 1 unspecified atom stereocenters. The highest BCUT2D eigenvalue weighted by Gasteiger charge is 2.36. The fraction of sp³-hybridized carbons (Fsp3) is 0.556. The van der Waals surface area contributed by atoms with Crippen LogP contribution in [-0.2, 0) is 9.59 Å². The summed E-state index contributed by atoms with van der Waals surface area (Å²) in [6.45, 7) is 2.77. The van der Waals surface area contributed by atoms with Gasteiger partial charge in [0.1, 0.15) is 11.8 Å². The van der Waals surface area contributed by atoms with Crippen LogP contribution in [0.4, 0.5) is 13.2 Å². The molecule has 4 N–H and O–H groups in total. The maximum absolute atomic E-state index is 13.5. The first-order valence-corrected chi connectivity index (χ1v) is 12.9. The summed E-state index contributed by atoms with van der Waals surface area (Å²) in [6.07, 6.45) is -3.94. The van der Waals surface area contributed by atoms with Crippen LogP contribution in [0.5, 0.6) is 5.75 Å². The number of H-pyrrole nitrogens is 1. The molecule has 1 aromatic heterocycles. The number of nitrogens with one attached hydrogen (secondary N) is 4. The van der Waals surface area contributed by atoms with Crippen LogP contribution < -0.4 is 20.7 Å². The Labute approximate surface area is 224 Å². The number of methoxy groups -OCH3 is 1. The standard InChI is InChI=1S/C27H34F3N5O4/c1-15(2)9-17(11-23(36)21-12-18-19(34-21)5-4-6-24(18)39-3)26(38)35-20(10-16-7-8-32-25(16)37)22(13-31)33-14-27(28,29)30/h4-6,12,15-17,20,22,33-34H,7-11,14H2,1-3H3,(H,32,37)(H,35,38)/t16-,17+,20-,22?/m0/s1. The van der Waals surface area contributed by atoms with Gasteiger partial charge < -0.3 is 20.4 Å². The second-order valence-corrected chi connectivity index (χ2v) is 10.3. The van der Waals surface area contributed by atoms with E-state index in [9.17, 15) is 32.8 Å². The Morgan fingerprint density at radius 1 is 1.28 bits per heavy atom. The van der Waals surface area contributed by atoms with Gasteiger partial charge in [-0.2, -0.15) is 18.4 Å². The molecule has 39 heavy (non-hydrogen) atoms. The number of aromatic amines is 1. The minimum atomic E-state index is -4.57. The number of Topliss-reactive ketones (excluding diaryl/α,β-unsaturated/α-hetero) is 1. The number of nitrogens with zero attached hydrogens (tertiary/aromatic N) is 1. The fourth-order valence-electron chi connectivity index (χ4n) is 4.90. The first kappa shape index (κ1) is 30.0. The van der Waals surface area contributed by atoms with Gasteiger partial charge in [0.25, 0.3) is 0 Å². The quantitative estimate of drug-likeness (QED) is 0.283. The van der Waals surface area contributed by atoms with Gasteiger partial charge in [-0.3, -0.25) is 19.7 Å². The van der Waals surface area contributed by atoms with Crippen molar-refractivity contribution in [2.24, 2.45) is 17.8 Å². The topological polar surface area (TPSA) is 136 Å². The number of fused-ring (bicyclic) bond motifs is 1. The number of amides is 2. The third-order valence-electron chi connectivity index (χ3n) is 6.80. The molecule has 3 rings (SSSR count). The van der Waals surface area contributed by atoms with Gasteiger partial charge in [0.2, 0.25) is 11.8 Å². The molecule has 2 heterocycles. The van der Waals surface area contributed by atoms with Gasteiger partial charge in [-0.15, -0.1) is 0 Å². The van der Waals surface area contributed by atoms with Crippen molar-refractivity contribution in [2.75, 3.05) is 20.2 Å². The molecule has 1 fully saturated rings.